The van der Waals surface area contributed by atoms with E-state index in [1.165, 1.54) is 12.1 Å². The van der Waals surface area contributed by atoms with Gasteiger partial charge in [-0.2, -0.15) is 0 Å². The Hall–Kier alpha value is -3.60. The standard InChI is InChI=1S/C34H43N3O7.ClH/c1-3-5-18-37-31(39)29(30(38)24-8-6-7-9-24)35-33(42)34(37)16-19-36(20-17-34)22-23-10-13-26(14-11-23)44-27-15-12-25(32(40)41)21-28(27)43-4-2;/h6-7,10-15,21,24,29-30,38H,3-5,8-9,16-20,22H2,1-2H3,(H,35,42)(H,40,41);1H/t29-,30?;/m1./s1. The fourth-order valence-electron chi connectivity index (χ4n) is 6.52. The van der Waals surface area contributed by atoms with Gasteiger partial charge in [-0.1, -0.05) is 37.6 Å². The predicted octanol–water partition coefficient (Wildman–Crippen LogP) is 4.79. The molecular weight excluding hydrogens is 598 g/mol. The Morgan fingerprint density at radius 3 is 2.36 bits per heavy atom. The first-order valence-corrected chi connectivity index (χ1v) is 15.7. The molecule has 2 heterocycles. The highest BCUT2D eigenvalue weighted by Crippen LogP contribution is 2.37. The number of nitrogens with zero attached hydrogens (tertiary/aromatic N) is 2. The SMILES string of the molecule is CCCCN1C(=O)[C@@H](C(O)C2CC=CC2)NC(=O)C12CCN(Cc1ccc(Oc3ccc(C(=O)O)cc3OCC)cc1)CC2.Cl. The number of halogens is 1. The van der Waals surface area contributed by atoms with Crippen molar-refractivity contribution >= 4 is 30.2 Å². The second-order valence-electron chi connectivity index (χ2n) is 11.9. The summed E-state index contributed by atoms with van der Waals surface area (Å²) >= 11 is 0. The fourth-order valence-corrected chi connectivity index (χ4v) is 6.52. The van der Waals surface area contributed by atoms with Gasteiger partial charge in [0.2, 0.25) is 11.8 Å². The number of unbranched alkanes of at least 4 members (excludes halogenated alkanes) is 1. The lowest BCUT2D eigenvalue weighted by Crippen LogP contribution is -2.75. The van der Waals surface area contributed by atoms with Crippen LogP contribution in [0.25, 0.3) is 0 Å². The topological polar surface area (TPSA) is 129 Å². The monoisotopic (exact) mass is 641 g/mol. The van der Waals surface area contributed by atoms with Crippen LogP contribution in [0.5, 0.6) is 17.2 Å². The average molecular weight is 642 g/mol. The summed E-state index contributed by atoms with van der Waals surface area (Å²) in [7, 11) is 0. The molecule has 5 rings (SSSR count). The molecule has 2 aromatic carbocycles. The molecule has 45 heavy (non-hydrogen) atoms. The fraction of sp³-hybridized carbons (Fsp3) is 0.500. The van der Waals surface area contributed by atoms with Gasteiger partial charge in [0.25, 0.3) is 0 Å². The Bertz CT molecular complexity index is 1370. The van der Waals surface area contributed by atoms with Gasteiger partial charge in [0.15, 0.2) is 11.5 Å². The molecule has 2 amide bonds. The van der Waals surface area contributed by atoms with E-state index in [0.29, 0.717) is 62.9 Å². The van der Waals surface area contributed by atoms with Crippen molar-refractivity contribution in [3.05, 3.63) is 65.7 Å². The number of benzene rings is 2. The number of piperidine rings is 1. The molecule has 2 aliphatic heterocycles. The molecule has 2 fully saturated rings. The summed E-state index contributed by atoms with van der Waals surface area (Å²) in [5.41, 5.74) is 0.320. The van der Waals surface area contributed by atoms with Crippen molar-refractivity contribution in [2.75, 3.05) is 26.2 Å². The van der Waals surface area contributed by atoms with E-state index in [4.69, 9.17) is 9.47 Å². The van der Waals surface area contributed by atoms with Crippen LogP contribution in [0.4, 0.5) is 0 Å². The van der Waals surface area contributed by atoms with Gasteiger partial charge in [0, 0.05) is 26.2 Å². The smallest absolute Gasteiger partial charge is 0.335 e. The van der Waals surface area contributed by atoms with Crippen LogP contribution >= 0.6 is 12.4 Å². The largest absolute Gasteiger partial charge is 0.490 e. The van der Waals surface area contributed by atoms with Gasteiger partial charge >= 0.3 is 5.97 Å². The van der Waals surface area contributed by atoms with Crippen LogP contribution in [0.2, 0.25) is 0 Å². The normalized spacial score (nSPS) is 20.5. The van der Waals surface area contributed by atoms with Gasteiger partial charge in [-0.25, -0.2) is 4.79 Å². The van der Waals surface area contributed by atoms with Crippen LogP contribution in [0.3, 0.4) is 0 Å². The van der Waals surface area contributed by atoms with Crippen LogP contribution < -0.4 is 14.8 Å². The molecule has 11 heteroatoms. The van der Waals surface area contributed by atoms with Crippen LogP contribution in [0, 0.1) is 5.92 Å². The van der Waals surface area contributed by atoms with Crippen molar-refractivity contribution in [1.29, 1.82) is 0 Å². The maximum absolute atomic E-state index is 13.8. The highest BCUT2D eigenvalue weighted by molar-refractivity contribution is 6.00. The van der Waals surface area contributed by atoms with E-state index in [2.05, 4.69) is 17.1 Å². The third kappa shape index (κ3) is 7.45. The predicted molar refractivity (Wildman–Crippen MR) is 172 cm³/mol. The number of carbonyl (C=O) groups is 3. The van der Waals surface area contributed by atoms with Crippen LogP contribution in [-0.2, 0) is 16.1 Å². The zero-order valence-electron chi connectivity index (χ0n) is 25.9. The van der Waals surface area contributed by atoms with Crippen molar-refractivity contribution in [1.82, 2.24) is 15.1 Å². The molecule has 1 spiro atoms. The van der Waals surface area contributed by atoms with Crippen molar-refractivity contribution in [2.45, 2.75) is 76.6 Å². The van der Waals surface area contributed by atoms with Crippen molar-refractivity contribution in [2.24, 2.45) is 5.92 Å². The third-order valence-corrected chi connectivity index (χ3v) is 9.09. The third-order valence-electron chi connectivity index (χ3n) is 9.09. The van der Waals surface area contributed by atoms with E-state index in [-0.39, 0.29) is 35.7 Å². The molecular formula is C34H44ClN3O7. The number of likely N-dealkylation sites (tertiary alicyclic amines) is 1. The van der Waals surface area contributed by atoms with E-state index in [9.17, 15) is 24.6 Å². The van der Waals surface area contributed by atoms with E-state index >= 15 is 0 Å². The minimum atomic E-state index is -1.03. The first-order valence-electron chi connectivity index (χ1n) is 15.7. The average Bonchev–Trinajstić information content (AvgIpc) is 3.57. The number of allylic oxidation sites excluding steroid dienone is 2. The highest BCUT2D eigenvalue weighted by Gasteiger charge is 2.55. The summed E-state index contributed by atoms with van der Waals surface area (Å²) in [5, 5.41) is 23.3. The zero-order chi connectivity index (χ0) is 31.3. The lowest BCUT2D eigenvalue weighted by Gasteiger charge is -2.52. The minimum absolute atomic E-state index is 0. The van der Waals surface area contributed by atoms with Gasteiger partial charge in [0.1, 0.15) is 17.3 Å². The summed E-state index contributed by atoms with van der Waals surface area (Å²) in [5.74, 6) is 0.0224. The Kier molecular flexibility index (Phi) is 11.5. The molecule has 0 radical (unpaired) electrons. The maximum atomic E-state index is 13.8. The first-order chi connectivity index (χ1) is 21.3. The molecule has 2 saturated heterocycles. The van der Waals surface area contributed by atoms with Gasteiger partial charge in [0.05, 0.1) is 18.3 Å². The highest BCUT2D eigenvalue weighted by atomic mass is 35.5. The van der Waals surface area contributed by atoms with E-state index in [1.54, 1.807) is 11.0 Å². The summed E-state index contributed by atoms with van der Waals surface area (Å²) in [6.45, 7) is 6.80. The summed E-state index contributed by atoms with van der Waals surface area (Å²) in [6.07, 6.45) is 7.38. The number of piperazine rings is 1. The zero-order valence-corrected chi connectivity index (χ0v) is 26.8. The molecule has 2 atom stereocenters. The molecule has 3 N–H and O–H groups in total. The van der Waals surface area contributed by atoms with Gasteiger partial charge < -0.3 is 29.9 Å². The Balaban J connectivity index is 0.00000461. The number of aromatic carboxylic acids is 1. The molecule has 0 saturated carbocycles. The van der Waals surface area contributed by atoms with Crippen molar-refractivity contribution in [3.8, 4) is 17.2 Å². The lowest BCUT2D eigenvalue weighted by molar-refractivity contribution is -0.165. The Morgan fingerprint density at radius 2 is 1.73 bits per heavy atom. The number of aliphatic hydroxyl groups is 1. The van der Waals surface area contributed by atoms with Gasteiger partial charge in [-0.15, -0.1) is 12.4 Å². The van der Waals surface area contributed by atoms with Crippen molar-refractivity contribution in [3.63, 3.8) is 0 Å². The lowest BCUT2D eigenvalue weighted by atomic mass is 9.79. The molecule has 1 unspecified atom stereocenters. The molecule has 0 aromatic heterocycles. The number of amides is 2. The number of carbonyl (C=O) groups excluding carboxylic acids is 2. The molecule has 3 aliphatic rings. The number of carboxylic acids is 1. The number of hydrogen-bond donors (Lipinski definition) is 3. The summed E-state index contributed by atoms with van der Waals surface area (Å²) in [4.78, 5) is 42.9. The van der Waals surface area contributed by atoms with E-state index in [1.807, 2.05) is 43.3 Å². The molecule has 244 valence electrons. The first kappa shape index (κ1) is 34.3. The van der Waals surface area contributed by atoms with Gasteiger partial charge in [-0.3, -0.25) is 14.5 Å². The molecule has 10 nitrogen and oxygen atoms in total. The second-order valence-corrected chi connectivity index (χ2v) is 11.9. The maximum Gasteiger partial charge on any atom is 0.335 e. The van der Waals surface area contributed by atoms with Crippen LogP contribution in [0.15, 0.2) is 54.6 Å². The summed E-state index contributed by atoms with van der Waals surface area (Å²) < 4.78 is 11.6. The Morgan fingerprint density at radius 1 is 1.04 bits per heavy atom. The molecule has 1 aliphatic carbocycles. The number of carboxylic acid groups (broad SMARTS) is 1. The van der Waals surface area contributed by atoms with Crippen LogP contribution in [0.1, 0.15) is 68.3 Å². The van der Waals surface area contributed by atoms with E-state index in [0.717, 1.165) is 31.2 Å². The molecule has 2 aromatic rings. The van der Waals surface area contributed by atoms with E-state index < -0.39 is 23.7 Å². The number of rotatable bonds is 12. The van der Waals surface area contributed by atoms with Crippen LogP contribution in [-0.4, -0.2) is 81.7 Å². The second kappa shape index (κ2) is 15.1. The summed E-state index contributed by atoms with van der Waals surface area (Å²) in [6, 6.07) is 11.3. The number of ether oxygens (including phenoxy) is 2. The Labute approximate surface area is 270 Å². The quantitative estimate of drug-likeness (QED) is 0.282. The number of hydrogen-bond acceptors (Lipinski definition) is 7. The minimum Gasteiger partial charge on any atom is -0.490 e. The number of nitrogens with one attached hydrogen (secondary N) is 1. The van der Waals surface area contributed by atoms with Crippen molar-refractivity contribution < 1.29 is 34.1 Å². The van der Waals surface area contributed by atoms with Gasteiger partial charge in [-0.05, 0) is 80.8 Å². The molecule has 0 bridgehead atoms. The number of aliphatic hydroxyl groups excluding tert-OH is 1.